The molecule has 1 aromatic carbocycles. The molecule has 0 aromatic heterocycles. The summed E-state index contributed by atoms with van der Waals surface area (Å²) < 4.78 is 23.4. The summed E-state index contributed by atoms with van der Waals surface area (Å²) >= 11 is 6.18. The molecule has 0 amide bonds. The fourth-order valence-corrected chi connectivity index (χ4v) is 3.20. The van der Waals surface area contributed by atoms with E-state index in [0.29, 0.717) is 17.5 Å². The van der Waals surface area contributed by atoms with Crippen molar-refractivity contribution in [1.82, 2.24) is 10.6 Å². The zero-order valence-corrected chi connectivity index (χ0v) is 15.9. The zero-order chi connectivity index (χ0) is 17.7. The van der Waals surface area contributed by atoms with Gasteiger partial charge in [-0.3, -0.25) is 4.99 Å². The number of guanidine groups is 1. The molecule has 0 fully saturated rings. The molecule has 5 nitrogen and oxygen atoms in total. The van der Waals surface area contributed by atoms with Crippen molar-refractivity contribution < 1.29 is 8.42 Å². The van der Waals surface area contributed by atoms with Gasteiger partial charge in [-0.1, -0.05) is 29.8 Å². The van der Waals surface area contributed by atoms with Crippen molar-refractivity contribution >= 4 is 27.4 Å². The maximum atomic E-state index is 12.1. The number of rotatable bonds is 5. The van der Waals surface area contributed by atoms with Crippen molar-refractivity contribution in [3.8, 4) is 0 Å². The third kappa shape index (κ3) is 5.70. The van der Waals surface area contributed by atoms with Gasteiger partial charge in [-0.25, -0.2) is 8.42 Å². The van der Waals surface area contributed by atoms with Crippen molar-refractivity contribution in [3.63, 3.8) is 0 Å². The van der Waals surface area contributed by atoms with Gasteiger partial charge < -0.3 is 10.6 Å². The minimum atomic E-state index is -3.16. The van der Waals surface area contributed by atoms with Crippen LogP contribution in [0.1, 0.15) is 39.3 Å². The predicted molar refractivity (Wildman–Crippen MR) is 97.9 cm³/mol. The van der Waals surface area contributed by atoms with Crippen LogP contribution < -0.4 is 10.6 Å². The van der Waals surface area contributed by atoms with Crippen LogP contribution in [0.5, 0.6) is 0 Å². The van der Waals surface area contributed by atoms with Gasteiger partial charge in [0.05, 0.1) is 16.5 Å². The van der Waals surface area contributed by atoms with Crippen LogP contribution >= 0.6 is 11.6 Å². The Balaban J connectivity index is 2.61. The van der Waals surface area contributed by atoms with Gasteiger partial charge in [-0.2, -0.15) is 0 Å². The molecule has 23 heavy (non-hydrogen) atoms. The lowest BCUT2D eigenvalue weighted by Gasteiger charge is -2.21. The Bertz CT molecular complexity index is 652. The van der Waals surface area contributed by atoms with Gasteiger partial charge in [0.25, 0.3) is 0 Å². The van der Waals surface area contributed by atoms with E-state index in [9.17, 15) is 8.42 Å². The average Bonchev–Trinajstić information content (AvgIpc) is 2.45. The maximum Gasteiger partial charge on any atom is 0.191 e. The average molecular weight is 360 g/mol. The summed E-state index contributed by atoms with van der Waals surface area (Å²) in [6.45, 7) is 7.38. The number of aliphatic imine (C=N–C) groups is 1. The van der Waals surface area contributed by atoms with Crippen LogP contribution in [0.4, 0.5) is 0 Å². The molecule has 0 aliphatic rings. The number of nitrogens with one attached hydrogen (secondary N) is 2. The normalized spacial score (nSPS) is 14.4. The monoisotopic (exact) mass is 359 g/mol. The summed E-state index contributed by atoms with van der Waals surface area (Å²) in [7, 11) is -1.51. The number of hydrogen-bond acceptors (Lipinski definition) is 3. The molecule has 0 radical (unpaired) electrons. The maximum absolute atomic E-state index is 12.1. The molecular formula is C16H26ClN3O2S. The molecule has 130 valence electrons. The molecule has 0 spiro atoms. The summed E-state index contributed by atoms with van der Waals surface area (Å²) in [4.78, 5) is 4.12. The fraction of sp³-hybridized carbons (Fsp3) is 0.562. The van der Waals surface area contributed by atoms with Crippen molar-refractivity contribution in [3.05, 3.63) is 34.9 Å². The van der Waals surface area contributed by atoms with E-state index in [4.69, 9.17) is 11.6 Å². The first-order valence-corrected chi connectivity index (χ1v) is 9.55. The highest BCUT2D eigenvalue weighted by Crippen LogP contribution is 2.21. The van der Waals surface area contributed by atoms with E-state index in [-0.39, 0.29) is 11.8 Å². The zero-order valence-electron chi connectivity index (χ0n) is 14.4. The molecule has 0 saturated carbocycles. The first-order valence-electron chi connectivity index (χ1n) is 7.52. The lowest BCUT2D eigenvalue weighted by Crippen LogP contribution is -2.42. The van der Waals surface area contributed by atoms with Crippen LogP contribution in [0.15, 0.2) is 29.3 Å². The Kier molecular flexibility index (Phi) is 6.89. The van der Waals surface area contributed by atoms with Gasteiger partial charge in [-0.05, 0) is 39.3 Å². The smallest absolute Gasteiger partial charge is 0.191 e. The summed E-state index contributed by atoms with van der Waals surface area (Å²) in [5, 5.41) is 6.92. The lowest BCUT2D eigenvalue weighted by molar-refractivity contribution is 0.558. The summed E-state index contributed by atoms with van der Waals surface area (Å²) in [5.74, 6) is 0.596. The predicted octanol–water partition coefficient (Wildman–Crippen LogP) is 2.78. The number of halogens is 1. The van der Waals surface area contributed by atoms with Crippen LogP contribution in [0.3, 0.4) is 0 Å². The van der Waals surface area contributed by atoms with Crippen LogP contribution in [0, 0.1) is 0 Å². The second kappa shape index (κ2) is 8.02. The Morgan fingerprint density at radius 3 is 2.43 bits per heavy atom. The van der Waals surface area contributed by atoms with E-state index in [2.05, 4.69) is 15.6 Å². The second-order valence-corrected chi connectivity index (χ2v) is 9.59. The standard InChI is InChI=1S/C16H26ClN3O2S/c1-12(13-8-6-7-9-14(13)17)20-15(18-5)19-10-11-23(21,22)16(2,3)4/h6-9,12H,10-11H2,1-5H3,(H2,18,19,20). The Morgan fingerprint density at radius 2 is 1.91 bits per heavy atom. The third-order valence-corrected chi connectivity index (χ3v) is 6.50. The number of benzene rings is 1. The summed E-state index contributed by atoms with van der Waals surface area (Å²) in [6.07, 6.45) is 0. The number of hydrogen-bond donors (Lipinski definition) is 2. The van der Waals surface area contributed by atoms with Gasteiger partial charge in [0.2, 0.25) is 0 Å². The molecule has 1 aromatic rings. The first-order chi connectivity index (χ1) is 10.6. The quantitative estimate of drug-likeness (QED) is 0.626. The minimum Gasteiger partial charge on any atom is -0.355 e. The van der Waals surface area contributed by atoms with Gasteiger partial charge in [-0.15, -0.1) is 0 Å². The van der Waals surface area contributed by atoms with E-state index in [1.54, 1.807) is 27.8 Å². The van der Waals surface area contributed by atoms with Gasteiger partial charge in [0, 0.05) is 18.6 Å². The van der Waals surface area contributed by atoms with E-state index >= 15 is 0 Å². The summed E-state index contributed by atoms with van der Waals surface area (Å²) in [5.41, 5.74) is 0.958. The third-order valence-electron chi connectivity index (χ3n) is 3.54. The topological polar surface area (TPSA) is 70.6 Å². The van der Waals surface area contributed by atoms with Crippen molar-refractivity contribution in [2.24, 2.45) is 4.99 Å². The van der Waals surface area contributed by atoms with Gasteiger partial charge >= 0.3 is 0 Å². The molecule has 1 atom stereocenters. The van der Waals surface area contributed by atoms with Gasteiger partial charge in [0.1, 0.15) is 0 Å². The van der Waals surface area contributed by atoms with Crippen LogP contribution in [-0.4, -0.2) is 38.5 Å². The molecule has 2 N–H and O–H groups in total. The Morgan fingerprint density at radius 1 is 1.30 bits per heavy atom. The molecule has 0 aliphatic heterocycles. The van der Waals surface area contributed by atoms with E-state index in [0.717, 1.165) is 5.56 Å². The van der Waals surface area contributed by atoms with E-state index in [1.807, 2.05) is 31.2 Å². The molecule has 7 heteroatoms. The van der Waals surface area contributed by atoms with Crippen LogP contribution in [-0.2, 0) is 9.84 Å². The Labute approximate surface area is 144 Å². The fourth-order valence-electron chi connectivity index (χ4n) is 1.91. The molecule has 0 aliphatic carbocycles. The van der Waals surface area contributed by atoms with E-state index < -0.39 is 14.6 Å². The highest BCUT2D eigenvalue weighted by molar-refractivity contribution is 7.92. The van der Waals surface area contributed by atoms with Crippen molar-refractivity contribution in [2.45, 2.75) is 38.5 Å². The molecule has 0 saturated heterocycles. The second-order valence-electron chi connectivity index (χ2n) is 6.32. The van der Waals surface area contributed by atoms with Gasteiger partial charge in [0.15, 0.2) is 15.8 Å². The molecule has 1 rings (SSSR count). The van der Waals surface area contributed by atoms with Crippen LogP contribution in [0.25, 0.3) is 0 Å². The molecule has 1 unspecified atom stereocenters. The highest BCUT2D eigenvalue weighted by atomic mass is 35.5. The highest BCUT2D eigenvalue weighted by Gasteiger charge is 2.28. The number of nitrogens with zero attached hydrogens (tertiary/aromatic N) is 1. The first kappa shape index (κ1) is 19.8. The SMILES string of the molecule is CN=C(NCCS(=O)(=O)C(C)(C)C)NC(C)c1ccccc1Cl. The lowest BCUT2D eigenvalue weighted by atomic mass is 10.1. The van der Waals surface area contributed by atoms with Crippen LogP contribution in [0.2, 0.25) is 5.02 Å². The Hall–Kier alpha value is -1.27. The van der Waals surface area contributed by atoms with Crippen molar-refractivity contribution in [2.75, 3.05) is 19.3 Å². The minimum absolute atomic E-state index is 0.0471. The van der Waals surface area contributed by atoms with E-state index in [1.165, 1.54) is 0 Å². The largest absolute Gasteiger partial charge is 0.355 e. The van der Waals surface area contributed by atoms with Crippen molar-refractivity contribution in [1.29, 1.82) is 0 Å². The molecule has 0 bridgehead atoms. The molecule has 0 heterocycles. The number of sulfone groups is 1. The molecular weight excluding hydrogens is 334 g/mol. The summed E-state index contributed by atoms with van der Waals surface area (Å²) in [6, 6.07) is 7.53.